The lowest BCUT2D eigenvalue weighted by atomic mass is 9.95. The van der Waals surface area contributed by atoms with Crippen molar-refractivity contribution in [1.29, 1.82) is 0 Å². The highest BCUT2D eigenvalue weighted by Crippen LogP contribution is 2.40. The first kappa shape index (κ1) is 35.7. The van der Waals surface area contributed by atoms with E-state index in [1.165, 1.54) is 11.3 Å². The molecule has 0 saturated carbocycles. The first-order chi connectivity index (χ1) is 23.1. The van der Waals surface area contributed by atoms with Gasteiger partial charge in [0, 0.05) is 30.6 Å². The van der Waals surface area contributed by atoms with E-state index in [-0.39, 0.29) is 35.7 Å². The van der Waals surface area contributed by atoms with E-state index < -0.39 is 29.0 Å². The average molecular weight is 694 g/mol. The number of carbonyl (C=O) groups excluding carboxylic acids is 4. The zero-order valence-corrected chi connectivity index (χ0v) is 29.7. The van der Waals surface area contributed by atoms with Gasteiger partial charge in [-0.1, -0.05) is 18.2 Å². The van der Waals surface area contributed by atoms with E-state index in [4.69, 9.17) is 23.7 Å². The molecular weight excluding hydrogens is 650 g/mol. The molecule has 1 aromatic heterocycles. The summed E-state index contributed by atoms with van der Waals surface area (Å²) in [5, 5.41) is 5.92. The Morgan fingerprint density at radius 2 is 1.59 bits per heavy atom. The van der Waals surface area contributed by atoms with Gasteiger partial charge >= 0.3 is 17.8 Å². The van der Waals surface area contributed by atoms with Crippen molar-refractivity contribution >= 4 is 40.1 Å². The lowest BCUT2D eigenvalue weighted by Crippen LogP contribution is -2.47. The first-order valence-corrected chi connectivity index (χ1v) is 16.8. The Morgan fingerprint density at radius 3 is 2.27 bits per heavy atom. The van der Waals surface area contributed by atoms with Crippen molar-refractivity contribution in [2.24, 2.45) is 0 Å². The highest BCUT2D eigenvalue weighted by Gasteiger charge is 2.36. The van der Waals surface area contributed by atoms with Crippen molar-refractivity contribution in [3.63, 3.8) is 0 Å². The van der Waals surface area contributed by atoms with Crippen LogP contribution in [-0.2, 0) is 49.8 Å². The molecule has 2 aromatic carbocycles. The molecule has 2 N–H and O–H groups in total. The Kier molecular flexibility index (Phi) is 10.5. The molecule has 262 valence electrons. The van der Waals surface area contributed by atoms with Gasteiger partial charge in [-0.2, -0.15) is 0 Å². The fourth-order valence-corrected chi connectivity index (χ4v) is 6.77. The van der Waals surface area contributed by atoms with Crippen LogP contribution >= 0.6 is 11.3 Å². The van der Waals surface area contributed by atoms with Gasteiger partial charge in [0.25, 0.3) is 0 Å². The summed E-state index contributed by atoms with van der Waals surface area (Å²) >= 11 is 1.23. The van der Waals surface area contributed by atoms with Crippen LogP contribution in [0, 0.1) is 0 Å². The number of rotatable bonds is 9. The maximum atomic E-state index is 13.7. The van der Waals surface area contributed by atoms with Crippen molar-refractivity contribution in [2.75, 3.05) is 25.8 Å². The second-order valence-corrected chi connectivity index (χ2v) is 15.1. The summed E-state index contributed by atoms with van der Waals surface area (Å²) in [7, 11) is 1.61. The summed E-state index contributed by atoms with van der Waals surface area (Å²) in [6.07, 6.45) is 0.527. The molecule has 0 radical (unpaired) electrons. The second kappa shape index (κ2) is 14.5. The highest BCUT2D eigenvalue weighted by molar-refractivity contribution is 7.17. The maximum absolute atomic E-state index is 13.7. The second-order valence-electron chi connectivity index (χ2n) is 13.9. The number of hydrogen-bond donors (Lipinski definition) is 2. The van der Waals surface area contributed by atoms with E-state index in [1.807, 2.05) is 30.3 Å². The number of fused-ring (bicyclic) bond motifs is 2. The summed E-state index contributed by atoms with van der Waals surface area (Å²) in [5.74, 6) is -0.829. The molecule has 0 aliphatic carbocycles. The molecule has 2 aliphatic rings. The number of hydrogen-bond acceptors (Lipinski definition) is 11. The number of nitrogens with one attached hydrogen (secondary N) is 2. The summed E-state index contributed by atoms with van der Waals surface area (Å²) in [6, 6.07) is 13.0. The van der Waals surface area contributed by atoms with E-state index in [9.17, 15) is 19.2 Å². The minimum atomic E-state index is -1.06. The van der Waals surface area contributed by atoms with Gasteiger partial charge < -0.3 is 34.3 Å². The lowest BCUT2D eigenvalue weighted by molar-refractivity contribution is -0.161. The molecule has 12 nitrogen and oxygen atoms in total. The highest BCUT2D eigenvalue weighted by atomic mass is 32.1. The van der Waals surface area contributed by atoms with Crippen molar-refractivity contribution in [2.45, 2.75) is 84.7 Å². The van der Waals surface area contributed by atoms with E-state index >= 15 is 0 Å². The van der Waals surface area contributed by atoms with Gasteiger partial charge in [-0.25, -0.2) is 9.59 Å². The van der Waals surface area contributed by atoms with Crippen LogP contribution in [0.15, 0.2) is 42.5 Å². The Balaban J connectivity index is 1.42. The summed E-state index contributed by atoms with van der Waals surface area (Å²) in [4.78, 5) is 55.5. The number of anilines is 1. The van der Waals surface area contributed by atoms with Crippen LogP contribution in [0.4, 0.5) is 5.00 Å². The zero-order valence-electron chi connectivity index (χ0n) is 28.9. The van der Waals surface area contributed by atoms with Crippen molar-refractivity contribution < 1.29 is 42.9 Å². The summed E-state index contributed by atoms with van der Waals surface area (Å²) < 4.78 is 27.2. The topological polar surface area (TPSA) is 142 Å². The van der Waals surface area contributed by atoms with Gasteiger partial charge in [0.05, 0.1) is 19.1 Å². The van der Waals surface area contributed by atoms with Crippen LogP contribution in [0.25, 0.3) is 0 Å². The van der Waals surface area contributed by atoms with Gasteiger partial charge in [-0.15, -0.1) is 11.3 Å². The van der Waals surface area contributed by atoms with Crippen molar-refractivity contribution in [3.8, 4) is 17.2 Å². The number of carbonyl (C=O) groups is 4. The Morgan fingerprint density at radius 1 is 0.918 bits per heavy atom. The minimum absolute atomic E-state index is 0.148. The normalized spacial score (nSPS) is 15.6. The molecule has 1 unspecified atom stereocenters. The molecule has 13 heteroatoms. The van der Waals surface area contributed by atoms with E-state index in [0.717, 1.165) is 21.8 Å². The average Bonchev–Trinajstić information content (AvgIpc) is 3.62. The van der Waals surface area contributed by atoms with Crippen molar-refractivity contribution in [3.05, 3.63) is 69.6 Å². The molecule has 0 fully saturated rings. The third-order valence-corrected chi connectivity index (χ3v) is 8.82. The zero-order chi connectivity index (χ0) is 35.5. The third-order valence-electron chi connectivity index (χ3n) is 7.69. The standard InChI is InChI=1S/C36H43N3O9S/c1-35(2,3)47-33(42)30-25-16-23(17-37-29(40)15-22-10-13-26-27(14-22)46-20-45-26)39(18-21-8-11-24(44-7)12-9-21)19-28(25)49-32(30)38-31(41)34(43)48-36(4,5)6/h8-14,23H,15-20H2,1-7H3,(H,37,40)(H,38,41). The number of esters is 2. The molecule has 0 spiro atoms. The molecular formula is C36H43N3O9S. The predicted octanol–water partition coefficient (Wildman–Crippen LogP) is 5.01. The molecule has 3 aromatic rings. The maximum Gasteiger partial charge on any atom is 0.397 e. The molecule has 0 bridgehead atoms. The number of methoxy groups -OCH3 is 1. The molecule has 2 amide bonds. The van der Waals surface area contributed by atoms with Gasteiger partial charge in [-0.05, 0) is 88.9 Å². The molecule has 1 atom stereocenters. The monoisotopic (exact) mass is 693 g/mol. The van der Waals surface area contributed by atoms with Crippen LogP contribution in [-0.4, -0.2) is 66.3 Å². The van der Waals surface area contributed by atoms with Crippen LogP contribution in [0.2, 0.25) is 0 Å². The number of ether oxygens (including phenoxy) is 5. The first-order valence-electron chi connectivity index (χ1n) is 16.0. The summed E-state index contributed by atoms with van der Waals surface area (Å²) in [6.45, 7) is 11.7. The molecule has 0 saturated heterocycles. The van der Waals surface area contributed by atoms with Gasteiger partial charge in [-0.3, -0.25) is 14.5 Å². The predicted molar refractivity (Wildman–Crippen MR) is 183 cm³/mol. The van der Waals surface area contributed by atoms with Crippen LogP contribution < -0.4 is 24.8 Å². The van der Waals surface area contributed by atoms with Gasteiger partial charge in [0.15, 0.2) is 11.5 Å². The Hall–Kier alpha value is -4.62. The van der Waals surface area contributed by atoms with Crippen LogP contribution in [0.1, 0.15) is 73.5 Å². The Labute approximate surface area is 290 Å². The number of nitrogens with zero attached hydrogens (tertiary/aromatic N) is 1. The SMILES string of the molecule is COc1ccc(CN2Cc3sc(NC(=O)C(=O)OC(C)(C)C)c(C(=O)OC(C)(C)C)c3CC2CNC(=O)Cc2ccc3c(c2)OCO3)cc1. The van der Waals surface area contributed by atoms with Crippen LogP contribution in [0.5, 0.6) is 17.2 Å². The van der Waals surface area contributed by atoms with E-state index in [0.29, 0.717) is 43.1 Å². The van der Waals surface area contributed by atoms with Crippen LogP contribution in [0.3, 0.4) is 0 Å². The summed E-state index contributed by atoms with van der Waals surface area (Å²) in [5.41, 5.74) is 1.04. The quantitative estimate of drug-likeness (QED) is 0.232. The van der Waals surface area contributed by atoms with Gasteiger partial charge in [0.1, 0.15) is 22.0 Å². The molecule has 3 heterocycles. The molecule has 5 rings (SSSR count). The third kappa shape index (κ3) is 9.30. The molecule has 49 heavy (non-hydrogen) atoms. The largest absolute Gasteiger partial charge is 0.497 e. The lowest BCUT2D eigenvalue weighted by Gasteiger charge is -2.36. The number of thiophene rings is 1. The number of amides is 2. The molecule has 2 aliphatic heterocycles. The number of benzene rings is 2. The van der Waals surface area contributed by atoms with E-state index in [2.05, 4.69) is 15.5 Å². The fourth-order valence-electron chi connectivity index (χ4n) is 5.53. The fraction of sp³-hybridized carbons (Fsp3) is 0.444. The smallest absolute Gasteiger partial charge is 0.397 e. The van der Waals surface area contributed by atoms with E-state index in [1.54, 1.807) is 60.8 Å². The van der Waals surface area contributed by atoms with Crippen molar-refractivity contribution in [1.82, 2.24) is 10.2 Å². The Bertz CT molecular complexity index is 1720. The van der Waals surface area contributed by atoms with Gasteiger partial charge in [0.2, 0.25) is 12.7 Å². The minimum Gasteiger partial charge on any atom is -0.497 e.